The van der Waals surface area contributed by atoms with Crippen molar-refractivity contribution in [3.8, 4) is 0 Å². The Kier molecular flexibility index (Phi) is 3.61. The second-order valence-corrected chi connectivity index (χ2v) is 6.59. The summed E-state index contributed by atoms with van der Waals surface area (Å²) in [4.78, 5) is 6.91. The van der Waals surface area contributed by atoms with E-state index >= 15 is 0 Å². The third-order valence-electron chi connectivity index (χ3n) is 4.09. The van der Waals surface area contributed by atoms with Crippen LogP contribution in [0.15, 0.2) is 4.52 Å². The van der Waals surface area contributed by atoms with Crippen molar-refractivity contribution in [2.45, 2.75) is 55.9 Å². The van der Waals surface area contributed by atoms with Crippen LogP contribution in [0.25, 0.3) is 0 Å². The monoisotopic (exact) mass is 267 g/mol. The average molecular weight is 267 g/mol. The molecular formula is C13H21N3OS. The van der Waals surface area contributed by atoms with Crippen LogP contribution in [-0.4, -0.2) is 39.6 Å². The normalized spacial score (nSPS) is 28.2. The number of thioether (sulfide) groups is 1. The van der Waals surface area contributed by atoms with E-state index in [9.17, 15) is 0 Å². The van der Waals surface area contributed by atoms with E-state index in [1.807, 2.05) is 11.8 Å². The van der Waals surface area contributed by atoms with Crippen molar-refractivity contribution in [3.63, 3.8) is 0 Å². The van der Waals surface area contributed by atoms with Crippen LogP contribution in [0.2, 0.25) is 0 Å². The highest BCUT2D eigenvalue weighted by molar-refractivity contribution is 7.99. The van der Waals surface area contributed by atoms with Gasteiger partial charge in [-0.25, -0.2) is 0 Å². The first kappa shape index (κ1) is 12.5. The summed E-state index contributed by atoms with van der Waals surface area (Å²) >= 11 is 1.99. The molecule has 2 unspecified atom stereocenters. The first-order chi connectivity index (χ1) is 8.78. The van der Waals surface area contributed by atoms with E-state index in [0.717, 1.165) is 23.5 Å². The van der Waals surface area contributed by atoms with E-state index in [2.05, 4.69) is 28.3 Å². The molecular weight excluding hydrogens is 246 g/mol. The molecule has 2 aliphatic carbocycles. The lowest BCUT2D eigenvalue weighted by molar-refractivity contribution is 0.232. The van der Waals surface area contributed by atoms with Crippen molar-refractivity contribution in [1.29, 1.82) is 0 Å². The van der Waals surface area contributed by atoms with E-state index in [1.54, 1.807) is 0 Å². The van der Waals surface area contributed by atoms with Crippen molar-refractivity contribution >= 4 is 11.8 Å². The van der Waals surface area contributed by atoms with Crippen molar-refractivity contribution < 1.29 is 4.52 Å². The summed E-state index contributed by atoms with van der Waals surface area (Å²) in [5.74, 6) is 2.26. The smallest absolute Gasteiger partial charge is 0.229 e. The first-order valence-corrected chi connectivity index (χ1v) is 8.12. The Morgan fingerprint density at radius 3 is 2.89 bits per heavy atom. The number of rotatable bonds is 5. The molecule has 1 aromatic rings. The lowest BCUT2D eigenvalue weighted by Gasteiger charge is -2.27. The van der Waals surface area contributed by atoms with E-state index < -0.39 is 0 Å². The lowest BCUT2D eigenvalue weighted by atomic mass is 10.2. The highest BCUT2D eigenvalue weighted by Gasteiger charge is 2.32. The van der Waals surface area contributed by atoms with Gasteiger partial charge in [0.1, 0.15) is 0 Å². The summed E-state index contributed by atoms with van der Waals surface area (Å²) in [5.41, 5.74) is 0. The molecule has 0 N–H and O–H groups in total. The van der Waals surface area contributed by atoms with Gasteiger partial charge in [-0.15, -0.1) is 0 Å². The number of aromatic nitrogens is 2. The van der Waals surface area contributed by atoms with Crippen LogP contribution in [0, 0.1) is 0 Å². The van der Waals surface area contributed by atoms with Gasteiger partial charge >= 0.3 is 0 Å². The minimum absolute atomic E-state index is 0.557. The van der Waals surface area contributed by atoms with Gasteiger partial charge in [-0.3, -0.25) is 4.90 Å². The third kappa shape index (κ3) is 2.57. The first-order valence-electron chi connectivity index (χ1n) is 6.83. The van der Waals surface area contributed by atoms with Crippen molar-refractivity contribution in [1.82, 2.24) is 15.0 Å². The van der Waals surface area contributed by atoms with E-state index in [4.69, 9.17) is 4.52 Å². The number of nitrogens with zero attached hydrogens (tertiary/aromatic N) is 3. The highest BCUT2D eigenvalue weighted by atomic mass is 32.2. The largest absolute Gasteiger partial charge is 0.339 e. The predicted molar refractivity (Wildman–Crippen MR) is 72.7 cm³/mol. The second-order valence-electron chi connectivity index (χ2n) is 5.51. The maximum atomic E-state index is 5.31. The molecule has 0 saturated heterocycles. The summed E-state index contributed by atoms with van der Waals surface area (Å²) in [6.45, 7) is 0.817. The zero-order chi connectivity index (χ0) is 12.5. The molecule has 0 amide bonds. The molecule has 5 heteroatoms. The van der Waals surface area contributed by atoms with Crippen LogP contribution in [-0.2, 0) is 6.54 Å². The Balaban J connectivity index is 1.60. The van der Waals surface area contributed by atoms with Crippen molar-refractivity contribution in [2.75, 3.05) is 13.3 Å². The zero-order valence-corrected chi connectivity index (χ0v) is 11.9. The lowest BCUT2D eigenvalue weighted by Crippen LogP contribution is -2.35. The topological polar surface area (TPSA) is 42.2 Å². The fraction of sp³-hybridized carbons (Fsp3) is 0.846. The summed E-state index contributed by atoms with van der Waals surface area (Å²) in [6.07, 6.45) is 8.64. The van der Waals surface area contributed by atoms with Gasteiger partial charge in [0.15, 0.2) is 5.82 Å². The van der Waals surface area contributed by atoms with Gasteiger partial charge in [0.2, 0.25) is 5.89 Å². The molecule has 1 aromatic heterocycles. The molecule has 4 nitrogen and oxygen atoms in total. The van der Waals surface area contributed by atoms with Gasteiger partial charge < -0.3 is 4.52 Å². The molecule has 0 aromatic carbocycles. The molecule has 2 fully saturated rings. The maximum Gasteiger partial charge on any atom is 0.229 e. The van der Waals surface area contributed by atoms with Gasteiger partial charge in [0.25, 0.3) is 0 Å². The fourth-order valence-electron chi connectivity index (χ4n) is 2.85. The summed E-state index contributed by atoms with van der Waals surface area (Å²) in [6, 6.07) is 0.669. The molecule has 0 bridgehead atoms. The highest BCUT2D eigenvalue weighted by Crippen LogP contribution is 2.39. The van der Waals surface area contributed by atoms with Gasteiger partial charge in [-0.2, -0.15) is 16.7 Å². The molecule has 1 heterocycles. The number of hydrogen-bond donors (Lipinski definition) is 0. The molecule has 0 radical (unpaired) electrons. The molecule has 2 aliphatic rings. The Morgan fingerprint density at radius 2 is 2.17 bits per heavy atom. The number of hydrogen-bond acceptors (Lipinski definition) is 5. The Morgan fingerprint density at radius 1 is 1.33 bits per heavy atom. The second kappa shape index (κ2) is 5.21. The maximum absolute atomic E-state index is 5.31. The molecule has 3 rings (SSSR count). The minimum Gasteiger partial charge on any atom is -0.339 e. The van der Waals surface area contributed by atoms with Crippen molar-refractivity contribution in [2.24, 2.45) is 0 Å². The van der Waals surface area contributed by atoms with Crippen LogP contribution >= 0.6 is 11.8 Å². The molecule has 0 aliphatic heterocycles. The predicted octanol–water partition coefficient (Wildman–Crippen LogP) is 2.66. The molecule has 18 heavy (non-hydrogen) atoms. The standard InChI is InChI=1S/C13H21N3OS/c1-16(10-4-3-5-11(10)18-2)8-12-14-13(17-15-12)9-6-7-9/h9-11H,3-8H2,1-2H3. The summed E-state index contributed by atoms with van der Waals surface area (Å²) in [5, 5.41) is 4.87. The summed E-state index contributed by atoms with van der Waals surface area (Å²) < 4.78 is 5.31. The molecule has 2 atom stereocenters. The van der Waals surface area contributed by atoms with Gasteiger partial charge in [-0.05, 0) is 39.0 Å². The molecule has 0 spiro atoms. The molecule has 100 valence electrons. The Bertz CT molecular complexity index is 405. The van der Waals surface area contributed by atoms with Crippen LogP contribution in [0.5, 0.6) is 0 Å². The van der Waals surface area contributed by atoms with E-state index in [-0.39, 0.29) is 0 Å². The quantitative estimate of drug-likeness (QED) is 0.820. The third-order valence-corrected chi connectivity index (χ3v) is 5.24. The van der Waals surface area contributed by atoms with Crippen LogP contribution < -0.4 is 0 Å². The van der Waals surface area contributed by atoms with Gasteiger partial charge in [0, 0.05) is 17.2 Å². The fourth-order valence-corrected chi connectivity index (χ4v) is 3.91. The molecule has 2 saturated carbocycles. The van der Waals surface area contributed by atoms with E-state index in [0.29, 0.717) is 12.0 Å². The zero-order valence-electron chi connectivity index (χ0n) is 11.1. The SMILES string of the molecule is CSC1CCCC1N(C)Cc1noc(C2CC2)n1. The Labute approximate surface area is 113 Å². The van der Waals surface area contributed by atoms with Gasteiger partial charge in [0.05, 0.1) is 6.54 Å². The Hall–Kier alpha value is -0.550. The summed E-state index contributed by atoms with van der Waals surface area (Å²) in [7, 11) is 2.19. The average Bonchev–Trinajstić information content (AvgIpc) is 2.93. The van der Waals surface area contributed by atoms with Crippen LogP contribution in [0.3, 0.4) is 0 Å². The van der Waals surface area contributed by atoms with Gasteiger partial charge in [-0.1, -0.05) is 11.6 Å². The van der Waals surface area contributed by atoms with Crippen LogP contribution in [0.1, 0.15) is 49.7 Å². The van der Waals surface area contributed by atoms with Crippen molar-refractivity contribution in [3.05, 3.63) is 11.7 Å². The minimum atomic E-state index is 0.557. The van der Waals surface area contributed by atoms with E-state index in [1.165, 1.54) is 32.1 Å². The van der Waals surface area contributed by atoms with Crippen LogP contribution in [0.4, 0.5) is 0 Å².